The van der Waals surface area contributed by atoms with Gasteiger partial charge in [-0.1, -0.05) is 48.5 Å². The van der Waals surface area contributed by atoms with Gasteiger partial charge in [0.15, 0.2) is 0 Å². The number of rotatable bonds is 12. The smallest absolute Gasteiger partial charge is 0.294 e. The molecule has 0 unspecified atom stereocenters. The van der Waals surface area contributed by atoms with Crippen LogP contribution in [-0.2, 0) is 31.4 Å². The molecule has 5 aromatic carbocycles. The van der Waals surface area contributed by atoms with Crippen molar-refractivity contribution in [2.45, 2.75) is 41.9 Å². The highest BCUT2D eigenvalue weighted by molar-refractivity contribution is 7.89. The molecule has 61 heavy (non-hydrogen) atoms. The number of carbonyl (C=O) groups excluding carboxylic acids is 1. The van der Waals surface area contributed by atoms with Crippen LogP contribution in [0, 0.1) is 5.92 Å². The lowest BCUT2D eigenvalue weighted by Gasteiger charge is -2.31. The fourth-order valence-corrected chi connectivity index (χ4v) is 10.3. The second kappa shape index (κ2) is 17.1. The summed E-state index contributed by atoms with van der Waals surface area (Å²) in [5, 5.41) is 11.0. The van der Waals surface area contributed by atoms with Crippen LogP contribution in [0.3, 0.4) is 0 Å². The van der Waals surface area contributed by atoms with Crippen LogP contribution in [0.15, 0.2) is 154 Å². The molecule has 5 aromatic rings. The number of phenols is 1. The van der Waals surface area contributed by atoms with Gasteiger partial charge in [-0.2, -0.15) is 17.3 Å². The molecule has 0 atom stereocenters. The Morgan fingerprint density at radius 3 is 2.18 bits per heavy atom. The number of piperidine rings is 1. The molecule has 1 saturated heterocycles. The maximum Gasteiger partial charge on any atom is 0.294 e. The van der Waals surface area contributed by atoms with Crippen molar-refractivity contribution in [3.8, 4) is 28.2 Å². The number of aromatic hydroxyl groups is 1. The number of fused-ring (bicyclic) bond motifs is 2. The SMILES string of the molecule is CN(c1ccccc1)c1ccc2c(-c3ccccc3S(=O)(=O)N3CCC(C(=O)CCCc4ccc(O)cc4)CC3)c3ccc(=[N+](C)c4ccc(S(=O)(=O)O)cc4)cc-3oc2c1. The number of hydrogen-bond acceptors (Lipinski definition) is 8. The number of phenolic OH excluding ortho intramolecular Hbond substituents is 1. The lowest BCUT2D eigenvalue weighted by atomic mass is 9.90. The molecule has 2 N–H and O–H groups in total. The number of sulfonamides is 1. The topological polar surface area (TPSA) is 148 Å². The van der Waals surface area contributed by atoms with Gasteiger partial charge in [0.1, 0.15) is 29.9 Å². The van der Waals surface area contributed by atoms with Crippen molar-refractivity contribution in [2.24, 2.45) is 5.92 Å². The number of hydrogen-bond donors (Lipinski definition) is 2. The van der Waals surface area contributed by atoms with Gasteiger partial charge in [0.05, 0.1) is 15.9 Å². The van der Waals surface area contributed by atoms with Crippen LogP contribution in [0.5, 0.6) is 5.75 Å². The number of benzene rings is 6. The van der Waals surface area contributed by atoms with E-state index in [4.69, 9.17) is 4.42 Å². The molecular weight excluding hydrogens is 811 g/mol. The van der Waals surface area contributed by atoms with Crippen molar-refractivity contribution in [1.82, 2.24) is 8.88 Å². The Bertz CT molecular complexity index is 3000. The molecular formula is C48H46N3O8S2+. The van der Waals surface area contributed by atoms with Crippen LogP contribution in [0.25, 0.3) is 33.4 Å². The zero-order valence-electron chi connectivity index (χ0n) is 33.8. The van der Waals surface area contributed by atoms with E-state index in [-0.39, 0.29) is 40.3 Å². The third kappa shape index (κ3) is 8.73. The molecule has 0 saturated carbocycles. The normalized spacial score (nSPS) is 14.6. The number of para-hydroxylation sites is 1. The van der Waals surface area contributed by atoms with E-state index in [2.05, 4.69) is 0 Å². The monoisotopic (exact) mass is 856 g/mol. The summed E-state index contributed by atoms with van der Waals surface area (Å²) in [4.78, 5) is 15.2. The summed E-state index contributed by atoms with van der Waals surface area (Å²) in [6.45, 7) is 0.458. The standard InChI is InChI=1S/C48H45N3O8S2/c1-49(35-10-4-3-5-11-35)37-19-25-41-45(31-37)59-46-32-38(50(2)36-17-23-40(24-18-36)61(56,57)58)20-26-42(46)48(41)43-12-6-7-14-47(43)60(54,55)51-29-27-34(28-30-51)44(53)13-8-9-33-15-21-39(52)22-16-33/h3-7,10-12,14-26,31-32,34H,8-9,13,27-30H2,1-2H3,(H-,52,56,57,58)/p+1. The van der Waals surface area contributed by atoms with E-state index >= 15 is 0 Å². The summed E-state index contributed by atoms with van der Waals surface area (Å²) in [5.41, 5.74) is 5.99. The van der Waals surface area contributed by atoms with E-state index in [1.54, 1.807) is 36.4 Å². The maximum absolute atomic E-state index is 14.7. The van der Waals surface area contributed by atoms with E-state index in [9.17, 15) is 31.3 Å². The quantitative estimate of drug-likeness (QED) is 0.0700. The highest BCUT2D eigenvalue weighted by Gasteiger charge is 2.34. The number of ketones is 1. The Morgan fingerprint density at radius 2 is 1.48 bits per heavy atom. The number of nitrogens with zero attached hydrogens (tertiary/aromatic N) is 3. The highest BCUT2D eigenvalue weighted by atomic mass is 32.2. The molecule has 312 valence electrons. The van der Waals surface area contributed by atoms with Crippen LogP contribution in [-0.4, -0.2) is 63.8 Å². The summed E-state index contributed by atoms with van der Waals surface area (Å²) in [6, 6.07) is 41.4. The van der Waals surface area contributed by atoms with Crippen LogP contribution < -0.4 is 14.8 Å². The lowest BCUT2D eigenvalue weighted by molar-refractivity contribution is -0.124. The lowest BCUT2D eigenvalue weighted by Crippen LogP contribution is -2.40. The first kappa shape index (κ1) is 41.6. The van der Waals surface area contributed by atoms with Crippen molar-refractivity contribution >= 4 is 54.0 Å². The molecule has 0 bridgehead atoms. The minimum Gasteiger partial charge on any atom is -0.508 e. The van der Waals surface area contributed by atoms with Crippen molar-refractivity contribution in [2.75, 3.05) is 32.1 Å². The van der Waals surface area contributed by atoms with Crippen LogP contribution >= 0.6 is 0 Å². The molecule has 0 amide bonds. The molecule has 2 aliphatic heterocycles. The van der Waals surface area contributed by atoms with Gasteiger partial charge in [-0.25, -0.2) is 8.42 Å². The molecule has 0 spiro atoms. The summed E-state index contributed by atoms with van der Waals surface area (Å²) in [6.07, 6.45) is 2.72. The van der Waals surface area contributed by atoms with Crippen LogP contribution in [0.1, 0.15) is 31.2 Å². The predicted octanol–water partition coefficient (Wildman–Crippen LogP) is 8.65. The first-order valence-electron chi connectivity index (χ1n) is 20.1. The molecule has 11 nitrogen and oxygen atoms in total. The molecule has 1 aliphatic carbocycles. The maximum atomic E-state index is 14.7. The molecule has 13 heteroatoms. The summed E-state index contributed by atoms with van der Waals surface area (Å²) in [7, 11) is -4.58. The van der Waals surface area contributed by atoms with Crippen molar-refractivity contribution in [3.05, 3.63) is 150 Å². The second-order valence-electron chi connectivity index (χ2n) is 15.4. The minimum absolute atomic E-state index is 0.152. The Labute approximate surface area is 355 Å². The fourth-order valence-electron chi connectivity index (χ4n) is 8.16. The van der Waals surface area contributed by atoms with Gasteiger partial charge in [-0.05, 0) is 91.9 Å². The van der Waals surface area contributed by atoms with Gasteiger partial charge in [0, 0.05) is 90.2 Å². The van der Waals surface area contributed by atoms with E-state index in [1.165, 1.54) is 16.4 Å². The molecule has 8 rings (SSSR count). The molecule has 3 aliphatic rings. The number of carbonyl (C=O) groups is 1. The highest BCUT2D eigenvalue weighted by Crippen LogP contribution is 2.44. The van der Waals surface area contributed by atoms with Crippen LogP contribution in [0.2, 0.25) is 0 Å². The average Bonchev–Trinajstić information content (AvgIpc) is 3.28. The van der Waals surface area contributed by atoms with E-state index in [0.717, 1.165) is 34.1 Å². The molecule has 1 fully saturated rings. The van der Waals surface area contributed by atoms with E-state index in [1.807, 2.05) is 115 Å². The summed E-state index contributed by atoms with van der Waals surface area (Å²) in [5.74, 6) is 0.649. The van der Waals surface area contributed by atoms with Crippen LogP contribution in [0.4, 0.5) is 17.1 Å². The first-order valence-corrected chi connectivity index (χ1v) is 23.0. The van der Waals surface area contributed by atoms with E-state index < -0.39 is 20.1 Å². The predicted molar refractivity (Wildman–Crippen MR) is 237 cm³/mol. The van der Waals surface area contributed by atoms with E-state index in [0.29, 0.717) is 59.4 Å². The van der Waals surface area contributed by atoms with Gasteiger partial charge >= 0.3 is 0 Å². The third-order valence-corrected chi connectivity index (χ3v) is 14.5. The van der Waals surface area contributed by atoms with Gasteiger partial charge in [0.25, 0.3) is 10.1 Å². The van der Waals surface area contributed by atoms with Crippen molar-refractivity contribution in [1.29, 1.82) is 0 Å². The minimum atomic E-state index is -4.36. The molecule has 0 aromatic heterocycles. The van der Waals surface area contributed by atoms with Gasteiger partial charge in [0.2, 0.25) is 21.1 Å². The number of Topliss-reactive ketones (excluding diaryl/α,β-unsaturated/α-hetero) is 1. The van der Waals surface area contributed by atoms with Gasteiger partial charge < -0.3 is 14.4 Å². The third-order valence-electron chi connectivity index (χ3n) is 11.6. The average molecular weight is 857 g/mol. The zero-order chi connectivity index (χ0) is 42.9. The Morgan fingerprint density at radius 1 is 0.787 bits per heavy atom. The Kier molecular flexibility index (Phi) is 11.7. The molecule has 0 radical (unpaired) electrons. The number of aryl methyl sites for hydroxylation is 1. The molecule has 2 heterocycles. The Hall–Kier alpha value is -6.12. The fraction of sp³-hybridized carbons (Fsp3) is 0.208. The van der Waals surface area contributed by atoms with Gasteiger partial charge in [-0.15, -0.1) is 0 Å². The van der Waals surface area contributed by atoms with Gasteiger partial charge in [-0.3, -0.25) is 9.35 Å². The second-order valence-corrected chi connectivity index (χ2v) is 18.7. The Balaban J connectivity index is 1.16. The van der Waals surface area contributed by atoms with Crippen molar-refractivity contribution in [3.63, 3.8) is 0 Å². The van der Waals surface area contributed by atoms with Crippen molar-refractivity contribution < 1.29 is 35.7 Å². The number of anilines is 2. The summed E-state index contributed by atoms with van der Waals surface area (Å²) < 4.78 is 72.3. The first-order chi connectivity index (χ1) is 29.3. The largest absolute Gasteiger partial charge is 0.508 e. The summed E-state index contributed by atoms with van der Waals surface area (Å²) >= 11 is 0. The zero-order valence-corrected chi connectivity index (χ0v) is 35.4.